The number of aryl methyl sites for hydroxylation is 1. The van der Waals surface area contributed by atoms with Crippen LogP contribution < -0.4 is 5.73 Å². The SMILES string of the molecule is Cc1ccc(C(CN)N(C)CC2CCCO2)cc1Cl. The molecule has 0 amide bonds. The van der Waals surface area contributed by atoms with E-state index in [2.05, 4.69) is 24.1 Å². The van der Waals surface area contributed by atoms with Gasteiger partial charge in [0.1, 0.15) is 0 Å². The van der Waals surface area contributed by atoms with Gasteiger partial charge in [0.25, 0.3) is 0 Å². The van der Waals surface area contributed by atoms with Gasteiger partial charge in [0.05, 0.1) is 6.10 Å². The van der Waals surface area contributed by atoms with Crippen LogP contribution in [0.2, 0.25) is 5.02 Å². The van der Waals surface area contributed by atoms with Gasteiger partial charge in [-0.2, -0.15) is 0 Å². The molecule has 0 radical (unpaired) electrons. The predicted octanol–water partition coefficient (Wildman–Crippen LogP) is 2.76. The van der Waals surface area contributed by atoms with Gasteiger partial charge in [0, 0.05) is 30.8 Å². The van der Waals surface area contributed by atoms with Gasteiger partial charge >= 0.3 is 0 Å². The third-order valence-corrected chi connectivity index (χ3v) is 4.26. The summed E-state index contributed by atoms with van der Waals surface area (Å²) in [5.41, 5.74) is 8.22. The largest absolute Gasteiger partial charge is 0.377 e. The van der Waals surface area contributed by atoms with Gasteiger partial charge in [-0.25, -0.2) is 0 Å². The molecule has 3 nitrogen and oxygen atoms in total. The maximum absolute atomic E-state index is 6.21. The van der Waals surface area contributed by atoms with E-state index in [0.29, 0.717) is 12.6 Å². The molecule has 1 aromatic carbocycles. The van der Waals surface area contributed by atoms with Crippen LogP contribution in [0.25, 0.3) is 0 Å². The first-order valence-electron chi connectivity index (χ1n) is 6.89. The van der Waals surface area contributed by atoms with Crippen LogP contribution in [-0.4, -0.2) is 37.7 Å². The molecule has 1 fully saturated rings. The highest BCUT2D eigenvalue weighted by Crippen LogP contribution is 2.25. The number of likely N-dealkylation sites (N-methyl/N-ethyl adjacent to an activating group) is 1. The fourth-order valence-electron chi connectivity index (χ4n) is 2.62. The molecule has 0 aliphatic carbocycles. The number of halogens is 1. The monoisotopic (exact) mass is 282 g/mol. The van der Waals surface area contributed by atoms with Crippen molar-refractivity contribution in [3.05, 3.63) is 34.3 Å². The Hall–Kier alpha value is -0.610. The molecule has 1 aromatic rings. The first-order valence-corrected chi connectivity index (χ1v) is 7.27. The van der Waals surface area contributed by atoms with E-state index in [1.54, 1.807) is 0 Å². The summed E-state index contributed by atoms with van der Waals surface area (Å²) in [6.07, 6.45) is 2.67. The van der Waals surface area contributed by atoms with Crippen LogP contribution in [0.5, 0.6) is 0 Å². The number of nitrogens with two attached hydrogens (primary N) is 1. The van der Waals surface area contributed by atoms with Crippen LogP contribution in [0, 0.1) is 6.92 Å². The molecule has 1 aliphatic rings. The maximum Gasteiger partial charge on any atom is 0.0702 e. The van der Waals surface area contributed by atoms with Crippen LogP contribution in [0.4, 0.5) is 0 Å². The molecular formula is C15H23ClN2O. The second-order valence-corrected chi connectivity index (χ2v) is 5.74. The summed E-state index contributed by atoms with van der Waals surface area (Å²) >= 11 is 6.21. The van der Waals surface area contributed by atoms with Crippen molar-refractivity contribution in [1.82, 2.24) is 4.90 Å². The average Bonchev–Trinajstić information content (AvgIpc) is 2.87. The summed E-state index contributed by atoms with van der Waals surface area (Å²) in [6, 6.07) is 6.40. The zero-order valence-corrected chi connectivity index (χ0v) is 12.5. The number of rotatable bonds is 5. The van der Waals surface area contributed by atoms with Crippen LogP contribution in [0.3, 0.4) is 0 Å². The molecule has 1 heterocycles. The van der Waals surface area contributed by atoms with E-state index in [1.165, 1.54) is 12.0 Å². The summed E-state index contributed by atoms with van der Waals surface area (Å²) in [6.45, 7) is 4.41. The van der Waals surface area contributed by atoms with Crippen LogP contribution >= 0.6 is 11.6 Å². The Morgan fingerprint density at radius 2 is 2.32 bits per heavy atom. The lowest BCUT2D eigenvalue weighted by Gasteiger charge is -2.29. The van der Waals surface area contributed by atoms with Crippen molar-refractivity contribution in [3.8, 4) is 0 Å². The molecule has 1 aliphatic heterocycles. The van der Waals surface area contributed by atoms with Crippen molar-refractivity contribution in [2.75, 3.05) is 26.7 Å². The zero-order valence-electron chi connectivity index (χ0n) is 11.7. The first-order chi connectivity index (χ1) is 9.11. The summed E-state index contributed by atoms with van der Waals surface area (Å²) in [5, 5.41) is 0.807. The third kappa shape index (κ3) is 3.69. The zero-order chi connectivity index (χ0) is 13.8. The number of benzene rings is 1. The highest BCUT2D eigenvalue weighted by Gasteiger charge is 2.22. The first kappa shape index (κ1) is 14.8. The van der Waals surface area contributed by atoms with Gasteiger partial charge in [-0.3, -0.25) is 4.90 Å². The normalized spacial score (nSPS) is 21.0. The lowest BCUT2D eigenvalue weighted by molar-refractivity contribution is 0.0689. The molecule has 0 saturated carbocycles. The Bertz CT molecular complexity index is 419. The van der Waals surface area contributed by atoms with Gasteiger partial charge in [-0.1, -0.05) is 23.7 Å². The van der Waals surface area contributed by atoms with E-state index in [0.717, 1.165) is 30.2 Å². The maximum atomic E-state index is 6.21. The molecule has 2 rings (SSSR count). The van der Waals surface area contributed by atoms with E-state index in [-0.39, 0.29) is 6.04 Å². The quantitative estimate of drug-likeness (QED) is 0.902. The molecule has 2 N–H and O–H groups in total. The standard InChI is InChI=1S/C15H23ClN2O/c1-11-5-6-12(8-14(11)16)15(9-17)18(2)10-13-4-3-7-19-13/h5-6,8,13,15H,3-4,7,9-10,17H2,1-2H3. The highest BCUT2D eigenvalue weighted by molar-refractivity contribution is 6.31. The minimum absolute atomic E-state index is 0.197. The van der Waals surface area contributed by atoms with Gasteiger partial charge in [0.2, 0.25) is 0 Å². The molecule has 106 valence electrons. The van der Waals surface area contributed by atoms with Gasteiger partial charge in [-0.05, 0) is 44.0 Å². The van der Waals surface area contributed by atoms with Crippen LogP contribution in [0.1, 0.15) is 30.0 Å². The highest BCUT2D eigenvalue weighted by atomic mass is 35.5. The van der Waals surface area contributed by atoms with Gasteiger partial charge < -0.3 is 10.5 Å². The molecule has 0 aromatic heterocycles. The van der Waals surface area contributed by atoms with Gasteiger partial charge in [0.15, 0.2) is 0 Å². The smallest absolute Gasteiger partial charge is 0.0702 e. The molecule has 2 unspecified atom stereocenters. The Balaban J connectivity index is 2.06. The predicted molar refractivity (Wildman–Crippen MR) is 79.6 cm³/mol. The van der Waals surface area contributed by atoms with Crippen LogP contribution in [-0.2, 0) is 4.74 Å². The molecule has 0 spiro atoms. The second-order valence-electron chi connectivity index (χ2n) is 5.33. The van der Waals surface area contributed by atoms with Crippen molar-refractivity contribution in [1.29, 1.82) is 0 Å². The minimum atomic E-state index is 0.197. The molecule has 4 heteroatoms. The van der Waals surface area contributed by atoms with Crippen molar-refractivity contribution < 1.29 is 4.74 Å². The van der Waals surface area contributed by atoms with E-state index in [9.17, 15) is 0 Å². The summed E-state index contributed by atoms with van der Waals surface area (Å²) in [7, 11) is 2.10. The van der Waals surface area contributed by atoms with Crippen molar-refractivity contribution >= 4 is 11.6 Å². The number of nitrogens with zero attached hydrogens (tertiary/aromatic N) is 1. The Morgan fingerprint density at radius 1 is 1.53 bits per heavy atom. The topological polar surface area (TPSA) is 38.5 Å². The van der Waals surface area contributed by atoms with Crippen molar-refractivity contribution in [3.63, 3.8) is 0 Å². The average molecular weight is 283 g/mol. The summed E-state index contributed by atoms with van der Waals surface area (Å²) in [5.74, 6) is 0. The summed E-state index contributed by atoms with van der Waals surface area (Å²) < 4.78 is 5.69. The Kier molecular flexibility index (Phi) is 5.22. The molecule has 2 atom stereocenters. The molecule has 1 saturated heterocycles. The molecule has 0 bridgehead atoms. The Morgan fingerprint density at radius 3 is 2.89 bits per heavy atom. The lowest BCUT2D eigenvalue weighted by Crippen LogP contribution is -2.36. The lowest BCUT2D eigenvalue weighted by atomic mass is 10.0. The molecular weight excluding hydrogens is 260 g/mol. The second kappa shape index (κ2) is 6.71. The summed E-state index contributed by atoms with van der Waals surface area (Å²) in [4.78, 5) is 2.27. The van der Waals surface area contributed by atoms with E-state index in [4.69, 9.17) is 22.1 Å². The third-order valence-electron chi connectivity index (χ3n) is 3.85. The van der Waals surface area contributed by atoms with E-state index in [1.807, 2.05) is 13.0 Å². The van der Waals surface area contributed by atoms with E-state index < -0.39 is 0 Å². The number of ether oxygens (including phenoxy) is 1. The number of hydrogen-bond donors (Lipinski definition) is 1. The number of hydrogen-bond acceptors (Lipinski definition) is 3. The molecule has 19 heavy (non-hydrogen) atoms. The minimum Gasteiger partial charge on any atom is -0.377 e. The fraction of sp³-hybridized carbons (Fsp3) is 0.600. The van der Waals surface area contributed by atoms with Gasteiger partial charge in [-0.15, -0.1) is 0 Å². The van der Waals surface area contributed by atoms with Crippen LogP contribution in [0.15, 0.2) is 18.2 Å². The van der Waals surface area contributed by atoms with Crippen molar-refractivity contribution in [2.45, 2.75) is 31.9 Å². The fourth-order valence-corrected chi connectivity index (χ4v) is 2.81. The Labute approximate surface area is 120 Å². The van der Waals surface area contributed by atoms with Crippen molar-refractivity contribution in [2.24, 2.45) is 5.73 Å². The van der Waals surface area contributed by atoms with E-state index >= 15 is 0 Å².